The summed E-state index contributed by atoms with van der Waals surface area (Å²) in [6.07, 6.45) is 2.95. The molecule has 0 amide bonds. The summed E-state index contributed by atoms with van der Waals surface area (Å²) in [7, 11) is 0. The van der Waals surface area contributed by atoms with Crippen LogP contribution in [0.5, 0.6) is 0 Å². The third-order valence-electron chi connectivity index (χ3n) is 3.88. The van der Waals surface area contributed by atoms with E-state index in [4.69, 9.17) is 0 Å². The van der Waals surface area contributed by atoms with E-state index in [2.05, 4.69) is 6.07 Å². The van der Waals surface area contributed by atoms with Crippen molar-refractivity contribution in [3.8, 4) is 0 Å². The average molecular weight is 380 g/mol. The number of rotatable bonds is 2. The number of ketones is 1. The van der Waals surface area contributed by atoms with Crippen LogP contribution < -0.4 is 0 Å². The lowest BCUT2D eigenvalue weighted by molar-refractivity contribution is 0.0950. The molecule has 0 N–H and O–H groups in total. The number of benzene rings is 2. The monoisotopic (exact) mass is 380 g/mol. The molecule has 20 heavy (non-hydrogen) atoms. The van der Waals surface area contributed by atoms with E-state index < -0.39 is 0 Å². The highest BCUT2D eigenvalue weighted by Gasteiger charge is 2.28. The molecule has 0 saturated heterocycles. The van der Waals surface area contributed by atoms with Crippen LogP contribution in [0, 0.1) is 9.39 Å². The van der Waals surface area contributed by atoms with Crippen LogP contribution in [0.1, 0.15) is 40.2 Å². The maximum absolute atomic E-state index is 13.2. The van der Waals surface area contributed by atoms with Crippen molar-refractivity contribution in [1.82, 2.24) is 0 Å². The summed E-state index contributed by atoms with van der Waals surface area (Å²) in [5, 5.41) is 0. The van der Waals surface area contributed by atoms with Crippen LogP contribution in [0.15, 0.2) is 42.5 Å². The number of fused-ring (bicyclic) bond motifs is 1. The maximum Gasteiger partial charge on any atom is 0.171 e. The van der Waals surface area contributed by atoms with Gasteiger partial charge < -0.3 is 0 Å². The van der Waals surface area contributed by atoms with Gasteiger partial charge in [-0.25, -0.2) is 4.39 Å². The third kappa shape index (κ3) is 2.51. The fourth-order valence-electron chi connectivity index (χ4n) is 2.90. The minimum Gasteiger partial charge on any atom is -0.293 e. The highest BCUT2D eigenvalue weighted by Crippen LogP contribution is 2.34. The van der Waals surface area contributed by atoms with E-state index in [1.165, 1.54) is 17.7 Å². The van der Waals surface area contributed by atoms with Crippen LogP contribution in [0.3, 0.4) is 0 Å². The minimum absolute atomic E-state index is 0.0843. The summed E-state index contributed by atoms with van der Waals surface area (Å²) >= 11 is 2.04. The minimum atomic E-state index is -0.296. The van der Waals surface area contributed by atoms with E-state index >= 15 is 0 Å². The summed E-state index contributed by atoms with van der Waals surface area (Å²) in [6, 6.07) is 12.6. The quantitative estimate of drug-likeness (QED) is 0.544. The van der Waals surface area contributed by atoms with Gasteiger partial charge in [0.05, 0.1) is 0 Å². The smallest absolute Gasteiger partial charge is 0.171 e. The lowest BCUT2D eigenvalue weighted by Crippen LogP contribution is -2.19. The van der Waals surface area contributed by atoms with Crippen molar-refractivity contribution < 1.29 is 9.18 Å². The van der Waals surface area contributed by atoms with Crippen molar-refractivity contribution in [3.63, 3.8) is 0 Å². The second-order valence-corrected chi connectivity index (χ2v) is 6.29. The van der Waals surface area contributed by atoms with Gasteiger partial charge in [0.2, 0.25) is 0 Å². The summed E-state index contributed by atoms with van der Waals surface area (Å²) in [5.74, 6) is -0.268. The van der Waals surface area contributed by atoms with Crippen LogP contribution in [0.25, 0.3) is 0 Å². The number of aryl methyl sites for hydroxylation is 1. The number of carbonyl (C=O) groups excluding carboxylic acids is 1. The molecule has 102 valence electrons. The first-order valence-electron chi connectivity index (χ1n) is 6.74. The van der Waals surface area contributed by atoms with Gasteiger partial charge in [0.25, 0.3) is 0 Å². The van der Waals surface area contributed by atoms with Crippen LogP contribution in [0.4, 0.5) is 4.39 Å². The van der Waals surface area contributed by atoms with Crippen molar-refractivity contribution in [1.29, 1.82) is 0 Å². The standard InChI is InChI=1S/C17H14FIO/c18-12-8-9-15(16(19)10-12)17(20)14-7-3-5-11-4-1-2-6-13(11)14/h1-2,4,6,8-10,14H,3,5,7H2. The van der Waals surface area contributed by atoms with Crippen LogP contribution >= 0.6 is 22.6 Å². The Bertz CT molecular complexity index is 666. The second kappa shape index (κ2) is 5.64. The zero-order valence-electron chi connectivity index (χ0n) is 10.9. The van der Waals surface area contributed by atoms with Crippen molar-refractivity contribution in [2.75, 3.05) is 0 Å². The zero-order valence-corrected chi connectivity index (χ0v) is 13.1. The normalized spacial score (nSPS) is 17.6. The summed E-state index contributed by atoms with van der Waals surface area (Å²) in [6.45, 7) is 0. The number of hydrogen-bond acceptors (Lipinski definition) is 1. The Balaban J connectivity index is 2.00. The fraction of sp³-hybridized carbons (Fsp3) is 0.235. The second-order valence-electron chi connectivity index (χ2n) is 5.13. The van der Waals surface area contributed by atoms with E-state index in [1.54, 1.807) is 6.07 Å². The molecule has 1 nitrogen and oxygen atoms in total. The molecule has 0 fully saturated rings. The molecule has 1 unspecified atom stereocenters. The van der Waals surface area contributed by atoms with Gasteiger partial charge in [-0.2, -0.15) is 0 Å². The first-order valence-corrected chi connectivity index (χ1v) is 7.82. The number of carbonyl (C=O) groups is 1. The van der Waals surface area contributed by atoms with Crippen LogP contribution in [-0.4, -0.2) is 5.78 Å². The Morgan fingerprint density at radius 2 is 2.00 bits per heavy atom. The predicted octanol–water partition coefficient (Wildman–Crippen LogP) is 4.73. The van der Waals surface area contributed by atoms with Crippen molar-refractivity contribution in [3.05, 3.63) is 68.5 Å². The Hall–Kier alpha value is -1.23. The zero-order chi connectivity index (χ0) is 14.1. The van der Waals surface area contributed by atoms with Gasteiger partial charge in [-0.3, -0.25) is 4.79 Å². The lowest BCUT2D eigenvalue weighted by atomic mass is 9.79. The van der Waals surface area contributed by atoms with E-state index in [9.17, 15) is 9.18 Å². The van der Waals surface area contributed by atoms with E-state index in [-0.39, 0.29) is 17.5 Å². The topological polar surface area (TPSA) is 17.1 Å². The van der Waals surface area contributed by atoms with Crippen LogP contribution in [-0.2, 0) is 6.42 Å². The molecule has 0 radical (unpaired) electrons. The summed E-state index contributed by atoms with van der Waals surface area (Å²) in [4.78, 5) is 12.8. The molecule has 2 aromatic rings. The molecule has 2 aromatic carbocycles. The number of hydrogen-bond donors (Lipinski definition) is 0. The molecule has 0 aliphatic heterocycles. The van der Waals surface area contributed by atoms with Gasteiger partial charge in [-0.15, -0.1) is 0 Å². The molecule has 0 bridgehead atoms. The molecule has 3 heteroatoms. The largest absolute Gasteiger partial charge is 0.293 e. The molecule has 1 aliphatic rings. The van der Waals surface area contributed by atoms with Gasteiger partial charge in [0.15, 0.2) is 5.78 Å². The van der Waals surface area contributed by atoms with Crippen molar-refractivity contribution in [2.24, 2.45) is 0 Å². The molecule has 0 aromatic heterocycles. The van der Waals surface area contributed by atoms with Crippen molar-refractivity contribution >= 4 is 28.4 Å². The van der Waals surface area contributed by atoms with Gasteiger partial charge >= 0.3 is 0 Å². The highest BCUT2D eigenvalue weighted by molar-refractivity contribution is 14.1. The lowest BCUT2D eigenvalue weighted by Gasteiger charge is -2.24. The van der Waals surface area contributed by atoms with Crippen LogP contribution in [0.2, 0.25) is 0 Å². The van der Waals surface area contributed by atoms with Crippen molar-refractivity contribution in [2.45, 2.75) is 25.2 Å². The van der Waals surface area contributed by atoms with E-state index in [0.29, 0.717) is 9.13 Å². The molecule has 0 heterocycles. The highest BCUT2D eigenvalue weighted by atomic mass is 127. The Labute approximate surface area is 131 Å². The summed E-state index contributed by atoms with van der Waals surface area (Å²) in [5.41, 5.74) is 3.05. The first-order chi connectivity index (χ1) is 9.66. The Kier molecular flexibility index (Phi) is 3.87. The maximum atomic E-state index is 13.2. The number of halogens is 2. The predicted molar refractivity (Wildman–Crippen MR) is 85.6 cm³/mol. The van der Waals surface area contributed by atoms with Gasteiger partial charge in [-0.1, -0.05) is 24.3 Å². The van der Waals surface area contributed by atoms with E-state index in [1.807, 2.05) is 40.8 Å². The SMILES string of the molecule is O=C(c1ccc(F)cc1I)C1CCCc2ccccc21. The van der Waals surface area contributed by atoms with Gasteiger partial charge in [0.1, 0.15) is 5.82 Å². The average Bonchev–Trinajstić information content (AvgIpc) is 2.46. The molecular weight excluding hydrogens is 366 g/mol. The molecule has 1 atom stereocenters. The Morgan fingerprint density at radius 3 is 2.80 bits per heavy atom. The fourth-order valence-corrected chi connectivity index (χ4v) is 3.65. The molecular formula is C17H14FIO. The molecule has 0 saturated carbocycles. The summed E-state index contributed by atoms with van der Waals surface area (Å²) < 4.78 is 13.9. The molecule has 1 aliphatic carbocycles. The molecule has 0 spiro atoms. The van der Waals surface area contributed by atoms with Gasteiger partial charge in [0, 0.05) is 15.1 Å². The van der Waals surface area contributed by atoms with Gasteiger partial charge in [-0.05, 0) is 71.2 Å². The third-order valence-corrected chi connectivity index (χ3v) is 4.78. The Morgan fingerprint density at radius 1 is 1.20 bits per heavy atom. The molecule has 3 rings (SSSR count). The van der Waals surface area contributed by atoms with E-state index in [0.717, 1.165) is 24.8 Å². The number of Topliss-reactive ketones (excluding diaryl/α,β-unsaturated/α-hetero) is 1. The first kappa shape index (κ1) is 13.7.